The maximum Gasteiger partial charge on any atom is 0.0673 e. The summed E-state index contributed by atoms with van der Waals surface area (Å²) in [6.07, 6.45) is 2.38. The van der Waals surface area contributed by atoms with E-state index in [4.69, 9.17) is 15.2 Å². The van der Waals surface area contributed by atoms with Crippen molar-refractivity contribution in [1.82, 2.24) is 4.90 Å². The lowest BCUT2D eigenvalue weighted by Crippen LogP contribution is -2.40. The summed E-state index contributed by atoms with van der Waals surface area (Å²) >= 11 is 0. The standard InChI is InChI=1S/C11H24N2O2/c1-10-8-13(5-3-6-15-10)9-11(12)4-7-14-2/h10-11H,3-9,12H2,1-2H3. The minimum absolute atomic E-state index is 0.218. The van der Waals surface area contributed by atoms with Gasteiger partial charge in [0, 0.05) is 46.0 Å². The lowest BCUT2D eigenvalue weighted by molar-refractivity contribution is 0.0664. The molecule has 2 atom stereocenters. The molecule has 0 aliphatic carbocycles. The molecule has 0 bridgehead atoms. The Bertz CT molecular complexity index is 167. The summed E-state index contributed by atoms with van der Waals surface area (Å²) in [4.78, 5) is 2.40. The van der Waals surface area contributed by atoms with Gasteiger partial charge in [0.1, 0.15) is 0 Å². The highest BCUT2D eigenvalue weighted by Crippen LogP contribution is 2.06. The number of hydrogen-bond acceptors (Lipinski definition) is 4. The second-order valence-electron chi connectivity index (χ2n) is 4.34. The van der Waals surface area contributed by atoms with Gasteiger partial charge in [-0.25, -0.2) is 0 Å². The molecule has 4 nitrogen and oxygen atoms in total. The first-order valence-corrected chi connectivity index (χ1v) is 5.81. The SMILES string of the molecule is COCCC(N)CN1CCCOC(C)C1. The largest absolute Gasteiger partial charge is 0.385 e. The zero-order chi connectivity index (χ0) is 11.1. The molecule has 2 unspecified atom stereocenters. The van der Waals surface area contributed by atoms with Crippen LogP contribution >= 0.6 is 0 Å². The molecule has 0 amide bonds. The molecule has 0 spiro atoms. The van der Waals surface area contributed by atoms with Crippen molar-refractivity contribution < 1.29 is 9.47 Å². The zero-order valence-corrected chi connectivity index (χ0v) is 9.95. The molecule has 4 heteroatoms. The van der Waals surface area contributed by atoms with Crippen molar-refractivity contribution in [2.75, 3.05) is 40.0 Å². The minimum Gasteiger partial charge on any atom is -0.385 e. The number of ether oxygens (including phenoxy) is 2. The summed E-state index contributed by atoms with van der Waals surface area (Å²) < 4.78 is 10.6. The van der Waals surface area contributed by atoms with E-state index in [2.05, 4.69) is 11.8 Å². The highest BCUT2D eigenvalue weighted by Gasteiger charge is 2.16. The van der Waals surface area contributed by atoms with Crippen molar-refractivity contribution >= 4 is 0 Å². The Hall–Kier alpha value is -0.160. The topological polar surface area (TPSA) is 47.7 Å². The molecule has 0 radical (unpaired) electrons. The van der Waals surface area contributed by atoms with Gasteiger partial charge in [-0.2, -0.15) is 0 Å². The Balaban J connectivity index is 2.22. The van der Waals surface area contributed by atoms with Gasteiger partial charge in [-0.1, -0.05) is 0 Å². The Morgan fingerprint density at radius 3 is 3.13 bits per heavy atom. The Morgan fingerprint density at radius 2 is 2.40 bits per heavy atom. The number of nitrogens with two attached hydrogens (primary N) is 1. The van der Waals surface area contributed by atoms with Crippen molar-refractivity contribution in [1.29, 1.82) is 0 Å². The summed E-state index contributed by atoms with van der Waals surface area (Å²) in [6, 6.07) is 0.218. The van der Waals surface area contributed by atoms with Gasteiger partial charge in [0.25, 0.3) is 0 Å². The van der Waals surface area contributed by atoms with Crippen LogP contribution in [-0.2, 0) is 9.47 Å². The van der Waals surface area contributed by atoms with Crippen LogP contribution in [0.4, 0.5) is 0 Å². The van der Waals surface area contributed by atoms with Gasteiger partial charge in [-0.05, 0) is 19.8 Å². The first kappa shape index (κ1) is 12.9. The predicted molar refractivity (Wildman–Crippen MR) is 60.9 cm³/mol. The number of methoxy groups -OCH3 is 1. The van der Waals surface area contributed by atoms with Gasteiger partial charge in [-0.15, -0.1) is 0 Å². The molecule has 1 heterocycles. The zero-order valence-electron chi connectivity index (χ0n) is 9.95. The molecule has 0 aromatic heterocycles. The summed E-state index contributed by atoms with van der Waals surface area (Å²) in [5.41, 5.74) is 6.02. The molecular weight excluding hydrogens is 192 g/mol. The van der Waals surface area contributed by atoms with Gasteiger partial charge in [-0.3, -0.25) is 4.90 Å². The second-order valence-corrected chi connectivity index (χ2v) is 4.34. The highest BCUT2D eigenvalue weighted by atomic mass is 16.5. The first-order valence-electron chi connectivity index (χ1n) is 5.81. The smallest absolute Gasteiger partial charge is 0.0673 e. The number of hydrogen-bond donors (Lipinski definition) is 1. The first-order chi connectivity index (χ1) is 7.22. The summed E-state index contributed by atoms with van der Waals surface area (Å²) in [5, 5.41) is 0. The quantitative estimate of drug-likeness (QED) is 0.725. The fourth-order valence-corrected chi connectivity index (χ4v) is 1.94. The van der Waals surface area contributed by atoms with Crippen LogP contribution in [-0.4, -0.2) is 57.0 Å². The van der Waals surface area contributed by atoms with Crippen LogP contribution in [0.3, 0.4) is 0 Å². The van der Waals surface area contributed by atoms with Gasteiger partial charge in [0.05, 0.1) is 6.10 Å². The van der Waals surface area contributed by atoms with Crippen LogP contribution < -0.4 is 5.73 Å². The molecule has 0 aromatic rings. The van der Waals surface area contributed by atoms with Crippen LogP contribution in [0.2, 0.25) is 0 Å². The Morgan fingerprint density at radius 1 is 1.60 bits per heavy atom. The number of nitrogens with zero attached hydrogens (tertiary/aromatic N) is 1. The Labute approximate surface area is 92.7 Å². The summed E-state index contributed by atoms with van der Waals surface area (Å²) in [5.74, 6) is 0. The van der Waals surface area contributed by atoms with Gasteiger partial charge in [0.2, 0.25) is 0 Å². The Kier molecular flexibility index (Phi) is 6.17. The predicted octanol–water partition coefficient (Wildman–Crippen LogP) is 0.461. The molecular formula is C11H24N2O2. The minimum atomic E-state index is 0.218. The van der Waals surface area contributed by atoms with E-state index in [-0.39, 0.29) is 6.04 Å². The normalized spacial score (nSPS) is 26.2. The molecule has 0 saturated carbocycles. The van der Waals surface area contributed by atoms with Gasteiger partial charge < -0.3 is 15.2 Å². The second kappa shape index (κ2) is 7.17. The van der Waals surface area contributed by atoms with E-state index < -0.39 is 0 Å². The molecule has 2 N–H and O–H groups in total. The van der Waals surface area contributed by atoms with Crippen molar-refractivity contribution in [3.63, 3.8) is 0 Å². The molecule has 1 rings (SSSR count). The molecule has 15 heavy (non-hydrogen) atoms. The van der Waals surface area contributed by atoms with Crippen molar-refractivity contribution in [2.45, 2.75) is 31.9 Å². The van der Waals surface area contributed by atoms with E-state index >= 15 is 0 Å². The monoisotopic (exact) mass is 216 g/mol. The van der Waals surface area contributed by atoms with E-state index in [1.165, 1.54) is 0 Å². The average Bonchev–Trinajstić information content (AvgIpc) is 2.39. The van der Waals surface area contributed by atoms with E-state index in [0.717, 1.165) is 45.7 Å². The third-order valence-electron chi connectivity index (χ3n) is 2.72. The maximum absolute atomic E-state index is 6.02. The molecule has 1 saturated heterocycles. The van der Waals surface area contributed by atoms with Crippen LogP contribution in [0.1, 0.15) is 19.8 Å². The van der Waals surface area contributed by atoms with Crippen molar-refractivity contribution in [3.8, 4) is 0 Å². The molecule has 1 aliphatic heterocycles. The van der Waals surface area contributed by atoms with Crippen LogP contribution in [0.25, 0.3) is 0 Å². The van der Waals surface area contributed by atoms with Crippen LogP contribution in [0.5, 0.6) is 0 Å². The fourth-order valence-electron chi connectivity index (χ4n) is 1.94. The van der Waals surface area contributed by atoms with Crippen LogP contribution in [0, 0.1) is 0 Å². The fraction of sp³-hybridized carbons (Fsp3) is 1.00. The van der Waals surface area contributed by atoms with Crippen molar-refractivity contribution in [3.05, 3.63) is 0 Å². The molecule has 1 aliphatic rings. The molecule has 0 aromatic carbocycles. The maximum atomic E-state index is 6.02. The third-order valence-corrected chi connectivity index (χ3v) is 2.72. The van der Waals surface area contributed by atoms with Gasteiger partial charge >= 0.3 is 0 Å². The highest BCUT2D eigenvalue weighted by molar-refractivity contribution is 4.72. The summed E-state index contributed by atoms with van der Waals surface area (Å²) in [6.45, 7) is 6.81. The average molecular weight is 216 g/mol. The lowest BCUT2D eigenvalue weighted by atomic mass is 10.2. The number of rotatable bonds is 5. The van der Waals surface area contributed by atoms with E-state index in [0.29, 0.717) is 6.10 Å². The lowest BCUT2D eigenvalue weighted by Gasteiger charge is -2.24. The summed E-state index contributed by atoms with van der Waals surface area (Å²) in [7, 11) is 1.72. The molecule has 90 valence electrons. The van der Waals surface area contributed by atoms with E-state index in [1.54, 1.807) is 7.11 Å². The van der Waals surface area contributed by atoms with E-state index in [1.807, 2.05) is 0 Å². The van der Waals surface area contributed by atoms with Crippen LogP contribution in [0.15, 0.2) is 0 Å². The third kappa shape index (κ3) is 5.47. The van der Waals surface area contributed by atoms with Gasteiger partial charge in [0.15, 0.2) is 0 Å². The molecule has 1 fully saturated rings. The van der Waals surface area contributed by atoms with Crippen molar-refractivity contribution in [2.24, 2.45) is 5.73 Å². The van der Waals surface area contributed by atoms with E-state index in [9.17, 15) is 0 Å².